The topological polar surface area (TPSA) is 94.8 Å². The van der Waals surface area contributed by atoms with Gasteiger partial charge in [-0.15, -0.1) is 0 Å². The first-order valence-corrected chi connectivity index (χ1v) is 8.22. The highest BCUT2D eigenvalue weighted by molar-refractivity contribution is 5.86. The third-order valence-electron chi connectivity index (χ3n) is 3.08. The predicted octanol–water partition coefficient (Wildman–Crippen LogP) is 2.40. The van der Waals surface area contributed by atoms with Gasteiger partial charge in [0.15, 0.2) is 0 Å². The second kappa shape index (κ2) is 12.5. The third kappa shape index (κ3) is 9.45. The number of rotatable bonds is 12. The van der Waals surface area contributed by atoms with E-state index in [2.05, 4.69) is 6.58 Å². The molecule has 0 saturated carbocycles. The molecule has 0 aliphatic heterocycles. The Labute approximate surface area is 153 Å². The fraction of sp³-hybridized carbons (Fsp3) is 0.421. The SMILES string of the molecule is C=C(C)C(=O)OCCOCCOC(=O)CCCOc1ccc(C#N)cc1. The normalized spacial score (nSPS) is 9.85. The molecular formula is C19H23NO6. The number of nitriles is 1. The summed E-state index contributed by atoms with van der Waals surface area (Å²) in [5.41, 5.74) is 0.902. The summed E-state index contributed by atoms with van der Waals surface area (Å²) in [5, 5.41) is 8.70. The number of hydrogen-bond donors (Lipinski definition) is 0. The van der Waals surface area contributed by atoms with Crippen molar-refractivity contribution in [3.05, 3.63) is 42.0 Å². The van der Waals surface area contributed by atoms with Crippen molar-refractivity contribution < 1.29 is 28.5 Å². The van der Waals surface area contributed by atoms with Crippen LogP contribution in [-0.2, 0) is 23.8 Å². The summed E-state index contributed by atoms with van der Waals surface area (Å²) in [7, 11) is 0. The average Bonchev–Trinajstić information content (AvgIpc) is 2.64. The molecule has 0 heterocycles. The first-order chi connectivity index (χ1) is 12.5. The van der Waals surface area contributed by atoms with E-state index in [-0.39, 0.29) is 38.8 Å². The number of hydrogen-bond acceptors (Lipinski definition) is 7. The number of carbonyl (C=O) groups is 2. The molecule has 1 aromatic carbocycles. The maximum atomic E-state index is 11.5. The van der Waals surface area contributed by atoms with E-state index in [1.807, 2.05) is 6.07 Å². The molecule has 0 atom stereocenters. The molecule has 7 heteroatoms. The molecule has 7 nitrogen and oxygen atoms in total. The zero-order valence-electron chi connectivity index (χ0n) is 14.9. The van der Waals surface area contributed by atoms with Gasteiger partial charge in [-0.3, -0.25) is 4.79 Å². The van der Waals surface area contributed by atoms with Crippen LogP contribution in [0.3, 0.4) is 0 Å². The fourth-order valence-electron chi connectivity index (χ4n) is 1.74. The van der Waals surface area contributed by atoms with Crippen LogP contribution in [0.15, 0.2) is 36.4 Å². The molecule has 0 spiro atoms. The highest BCUT2D eigenvalue weighted by atomic mass is 16.6. The minimum absolute atomic E-state index is 0.131. The average molecular weight is 361 g/mol. The zero-order valence-corrected chi connectivity index (χ0v) is 14.9. The van der Waals surface area contributed by atoms with Crippen molar-refractivity contribution in [3.8, 4) is 11.8 Å². The Morgan fingerprint density at radius 2 is 1.69 bits per heavy atom. The van der Waals surface area contributed by atoms with Crippen LogP contribution in [0.25, 0.3) is 0 Å². The molecular weight excluding hydrogens is 338 g/mol. The molecule has 1 aromatic rings. The maximum absolute atomic E-state index is 11.5. The van der Waals surface area contributed by atoms with E-state index < -0.39 is 5.97 Å². The lowest BCUT2D eigenvalue weighted by molar-refractivity contribution is -0.145. The maximum Gasteiger partial charge on any atom is 0.333 e. The molecule has 0 saturated heterocycles. The first-order valence-electron chi connectivity index (χ1n) is 8.22. The van der Waals surface area contributed by atoms with E-state index in [4.69, 9.17) is 24.2 Å². The van der Waals surface area contributed by atoms with Crippen molar-refractivity contribution in [1.82, 2.24) is 0 Å². The van der Waals surface area contributed by atoms with Crippen molar-refractivity contribution in [1.29, 1.82) is 5.26 Å². The lowest BCUT2D eigenvalue weighted by Gasteiger charge is -2.08. The molecule has 26 heavy (non-hydrogen) atoms. The summed E-state index contributed by atoms with van der Waals surface area (Å²) in [6.45, 7) is 6.15. The van der Waals surface area contributed by atoms with Gasteiger partial charge in [-0.2, -0.15) is 5.26 Å². The molecule has 0 bridgehead atoms. The van der Waals surface area contributed by atoms with Gasteiger partial charge in [0, 0.05) is 12.0 Å². The molecule has 0 aromatic heterocycles. The van der Waals surface area contributed by atoms with Gasteiger partial charge in [-0.1, -0.05) is 6.58 Å². The van der Waals surface area contributed by atoms with Crippen molar-refractivity contribution in [2.24, 2.45) is 0 Å². The van der Waals surface area contributed by atoms with E-state index in [1.54, 1.807) is 31.2 Å². The van der Waals surface area contributed by atoms with Crippen molar-refractivity contribution in [2.45, 2.75) is 19.8 Å². The van der Waals surface area contributed by atoms with E-state index in [9.17, 15) is 9.59 Å². The Kier molecular flexibility index (Phi) is 10.2. The smallest absolute Gasteiger partial charge is 0.333 e. The molecule has 0 aliphatic carbocycles. The largest absolute Gasteiger partial charge is 0.494 e. The monoisotopic (exact) mass is 361 g/mol. The van der Waals surface area contributed by atoms with Crippen molar-refractivity contribution >= 4 is 11.9 Å². The Balaban J connectivity index is 1.97. The quantitative estimate of drug-likeness (QED) is 0.320. The lowest BCUT2D eigenvalue weighted by atomic mass is 10.2. The summed E-state index contributed by atoms with van der Waals surface area (Å²) in [6, 6.07) is 8.79. The summed E-state index contributed by atoms with van der Waals surface area (Å²) >= 11 is 0. The second-order valence-corrected chi connectivity index (χ2v) is 5.34. The second-order valence-electron chi connectivity index (χ2n) is 5.34. The molecule has 0 amide bonds. The number of benzene rings is 1. The van der Waals surface area contributed by atoms with Gasteiger partial charge in [0.05, 0.1) is 31.5 Å². The van der Waals surface area contributed by atoms with Gasteiger partial charge in [-0.25, -0.2) is 4.79 Å². The van der Waals surface area contributed by atoms with Crippen molar-refractivity contribution in [2.75, 3.05) is 33.0 Å². The lowest BCUT2D eigenvalue weighted by Crippen LogP contribution is -2.15. The first kappa shape index (κ1) is 21.2. The Bertz CT molecular complexity index is 632. The van der Waals surface area contributed by atoms with Gasteiger partial charge in [0.2, 0.25) is 0 Å². The predicted molar refractivity (Wildman–Crippen MR) is 93.4 cm³/mol. The molecule has 0 fully saturated rings. The molecule has 1 rings (SSSR count). The molecule has 0 unspecified atom stereocenters. The van der Waals surface area contributed by atoms with E-state index in [0.29, 0.717) is 29.9 Å². The Morgan fingerprint density at radius 1 is 1.04 bits per heavy atom. The number of nitrogens with zero attached hydrogens (tertiary/aromatic N) is 1. The number of carbonyl (C=O) groups excluding carboxylic acids is 2. The van der Waals surface area contributed by atoms with E-state index in [0.717, 1.165) is 0 Å². The van der Waals surface area contributed by atoms with Crippen molar-refractivity contribution in [3.63, 3.8) is 0 Å². The van der Waals surface area contributed by atoms with Gasteiger partial charge < -0.3 is 18.9 Å². The van der Waals surface area contributed by atoms with Gasteiger partial charge in [0.25, 0.3) is 0 Å². The Hall–Kier alpha value is -2.85. The van der Waals surface area contributed by atoms with Crippen LogP contribution in [0.2, 0.25) is 0 Å². The van der Waals surface area contributed by atoms with Gasteiger partial charge in [0.1, 0.15) is 19.0 Å². The minimum Gasteiger partial charge on any atom is -0.494 e. The molecule has 0 N–H and O–H groups in total. The molecule has 140 valence electrons. The number of ether oxygens (including phenoxy) is 4. The molecule has 0 radical (unpaired) electrons. The van der Waals surface area contributed by atoms with E-state index in [1.165, 1.54) is 0 Å². The van der Waals surface area contributed by atoms with Crippen LogP contribution in [0.1, 0.15) is 25.3 Å². The van der Waals surface area contributed by atoms with Crippen LogP contribution >= 0.6 is 0 Å². The zero-order chi connectivity index (χ0) is 19.2. The third-order valence-corrected chi connectivity index (χ3v) is 3.08. The van der Waals surface area contributed by atoms with Crippen LogP contribution in [0.5, 0.6) is 5.75 Å². The Morgan fingerprint density at radius 3 is 2.31 bits per heavy atom. The number of esters is 2. The summed E-state index contributed by atoms with van der Waals surface area (Å²) < 4.78 is 20.5. The summed E-state index contributed by atoms with van der Waals surface area (Å²) in [5.74, 6) is -0.132. The van der Waals surface area contributed by atoms with Gasteiger partial charge in [-0.05, 0) is 37.6 Å². The summed E-state index contributed by atoms with van der Waals surface area (Å²) in [6.07, 6.45) is 0.767. The minimum atomic E-state index is -0.455. The van der Waals surface area contributed by atoms with Crippen LogP contribution in [0, 0.1) is 11.3 Å². The highest BCUT2D eigenvalue weighted by Crippen LogP contribution is 2.12. The molecule has 0 aliphatic rings. The van der Waals surface area contributed by atoms with Gasteiger partial charge >= 0.3 is 11.9 Å². The van der Waals surface area contributed by atoms with E-state index >= 15 is 0 Å². The fourth-order valence-corrected chi connectivity index (χ4v) is 1.74. The van der Waals surface area contributed by atoms with Crippen LogP contribution in [0.4, 0.5) is 0 Å². The van der Waals surface area contributed by atoms with Crippen LogP contribution < -0.4 is 4.74 Å². The highest BCUT2D eigenvalue weighted by Gasteiger charge is 2.04. The summed E-state index contributed by atoms with van der Waals surface area (Å²) in [4.78, 5) is 22.6. The van der Waals surface area contributed by atoms with Crippen LogP contribution in [-0.4, -0.2) is 45.0 Å². The standard InChI is InChI=1S/C19H23NO6/c1-15(2)19(22)26-13-11-23-10-12-25-18(21)4-3-9-24-17-7-5-16(14-20)6-8-17/h5-8H,1,3-4,9-13H2,2H3.